The second kappa shape index (κ2) is 14.1. The summed E-state index contributed by atoms with van der Waals surface area (Å²) in [7, 11) is -2.62. The first-order valence-electron chi connectivity index (χ1n) is 14.2. The van der Waals surface area contributed by atoms with Crippen LogP contribution in [-0.2, 0) is 26.2 Å². The Balaban J connectivity index is 1.67. The van der Waals surface area contributed by atoms with Crippen molar-refractivity contribution in [3.63, 3.8) is 0 Å². The van der Waals surface area contributed by atoms with E-state index in [1.165, 1.54) is 24.1 Å². The smallest absolute Gasteiger partial charge is 0.264 e. The molecule has 0 spiro atoms. The summed E-state index contributed by atoms with van der Waals surface area (Å²) < 4.78 is 34.2. The van der Waals surface area contributed by atoms with Gasteiger partial charge >= 0.3 is 0 Å². The molecule has 3 aromatic rings. The lowest BCUT2D eigenvalue weighted by Gasteiger charge is -2.33. The lowest BCUT2D eigenvalue weighted by atomic mass is 9.95. The summed E-state index contributed by atoms with van der Waals surface area (Å²) in [5.74, 6) is -0.223. The first kappa shape index (κ1) is 31.4. The highest BCUT2D eigenvalue weighted by Gasteiger charge is 2.33. The number of hydrogen-bond acceptors (Lipinski definition) is 5. The van der Waals surface area contributed by atoms with Gasteiger partial charge in [0.1, 0.15) is 18.3 Å². The van der Waals surface area contributed by atoms with E-state index in [-0.39, 0.29) is 23.4 Å². The maximum Gasteiger partial charge on any atom is 0.264 e. The molecule has 1 fully saturated rings. The fourth-order valence-electron chi connectivity index (χ4n) is 5.05. The molecule has 224 valence electrons. The molecule has 1 aliphatic rings. The summed E-state index contributed by atoms with van der Waals surface area (Å²) in [5, 5.41) is 3.66. The Bertz CT molecular complexity index is 1460. The highest BCUT2D eigenvalue weighted by Crippen LogP contribution is 2.27. The van der Waals surface area contributed by atoms with Crippen LogP contribution in [0.15, 0.2) is 77.7 Å². The van der Waals surface area contributed by atoms with Crippen LogP contribution in [0.4, 0.5) is 5.69 Å². The number of hydrogen-bond donors (Lipinski definition) is 1. The van der Waals surface area contributed by atoms with Crippen molar-refractivity contribution >= 4 is 39.1 Å². The third-order valence-electron chi connectivity index (χ3n) is 7.63. The van der Waals surface area contributed by atoms with Gasteiger partial charge in [0.15, 0.2) is 0 Å². The first-order valence-corrected chi connectivity index (χ1v) is 16.0. The van der Waals surface area contributed by atoms with Crippen LogP contribution < -0.4 is 14.4 Å². The molecule has 10 heteroatoms. The molecule has 0 bridgehead atoms. The van der Waals surface area contributed by atoms with Crippen LogP contribution in [0.2, 0.25) is 5.02 Å². The van der Waals surface area contributed by atoms with E-state index in [0.29, 0.717) is 16.5 Å². The molecule has 1 saturated carbocycles. The minimum atomic E-state index is -4.14. The standard InChI is InChI=1S/C32H38ClN3O5S/c1-23-9-19-30(20-10-23)42(39,40)36(28-15-17-29(41-3)18-16-28)22-31(37)35(21-25-11-13-26(33)14-12-25)24(2)32(38)34-27-7-5-4-6-8-27/h9-20,24,27H,4-8,21-22H2,1-3H3,(H,34,38)/t24-/m0/s1. The van der Waals surface area contributed by atoms with Gasteiger partial charge in [-0.1, -0.05) is 60.7 Å². The zero-order valence-electron chi connectivity index (χ0n) is 24.3. The lowest BCUT2D eigenvalue weighted by Crippen LogP contribution is -2.53. The SMILES string of the molecule is COc1ccc(N(CC(=O)N(Cc2ccc(Cl)cc2)[C@@H](C)C(=O)NC2CCCCC2)S(=O)(=O)c2ccc(C)cc2)cc1. The third-order valence-corrected chi connectivity index (χ3v) is 9.67. The number of amides is 2. The Hall–Kier alpha value is -3.56. The number of nitrogens with one attached hydrogen (secondary N) is 1. The monoisotopic (exact) mass is 611 g/mol. The minimum absolute atomic E-state index is 0.0593. The summed E-state index contributed by atoms with van der Waals surface area (Å²) in [6.45, 7) is 3.15. The number of carbonyl (C=O) groups excluding carboxylic acids is 2. The number of aryl methyl sites for hydroxylation is 1. The molecule has 2 amide bonds. The van der Waals surface area contributed by atoms with E-state index in [9.17, 15) is 18.0 Å². The van der Waals surface area contributed by atoms with Crippen LogP contribution in [0, 0.1) is 6.92 Å². The van der Waals surface area contributed by atoms with E-state index in [0.717, 1.165) is 47.5 Å². The van der Waals surface area contributed by atoms with Crippen LogP contribution >= 0.6 is 11.6 Å². The van der Waals surface area contributed by atoms with E-state index in [2.05, 4.69) is 5.32 Å². The van der Waals surface area contributed by atoms with Gasteiger partial charge in [-0.3, -0.25) is 13.9 Å². The Morgan fingerprint density at radius 3 is 2.17 bits per heavy atom. The van der Waals surface area contributed by atoms with Crippen molar-refractivity contribution in [3.8, 4) is 5.75 Å². The Labute approximate surface area is 253 Å². The Morgan fingerprint density at radius 1 is 0.952 bits per heavy atom. The van der Waals surface area contributed by atoms with Gasteiger partial charge in [0.05, 0.1) is 17.7 Å². The predicted molar refractivity (Wildman–Crippen MR) is 165 cm³/mol. The molecule has 1 atom stereocenters. The minimum Gasteiger partial charge on any atom is -0.497 e. The zero-order chi connectivity index (χ0) is 30.3. The summed E-state index contributed by atoms with van der Waals surface area (Å²) in [6, 6.07) is 19.2. The highest BCUT2D eigenvalue weighted by atomic mass is 35.5. The number of sulfonamides is 1. The number of halogens is 1. The second-order valence-electron chi connectivity index (χ2n) is 10.7. The number of benzene rings is 3. The van der Waals surface area contributed by atoms with Crippen LogP contribution in [0.25, 0.3) is 0 Å². The summed E-state index contributed by atoms with van der Waals surface area (Å²) in [4.78, 5) is 29.0. The summed E-state index contributed by atoms with van der Waals surface area (Å²) in [6.07, 6.45) is 5.08. The van der Waals surface area contributed by atoms with E-state index in [1.54, 1.807) is 67.6 Å². The molecule has 4 rings (SSSR count). The van der Waals surface area contributed by atoms with Crippen LogP contribution in [0.5, 0.6) is 5.75 Å². The number of nitrogens with zero attached hydrogens (tertiary/aromatic N) is 2. The van der Waals surface area contributed by atoms with Gasteiger partial charge < -0.3 is 15.0 Å². The van der Waals surface area contributed by atoms with Gasteiger partial charge in [0.25, 0.3) is 10.0 Å². The molecule has 0 saturated heterocycles. The van der Waals surface area contributed by atoms with Crippen molar-refractivity contribution < 1.29 is 22.7 Å². The number of anilines is 1. The maximum atomic E-state index is 14.1. The summed E-state index contributed by atoms with van der Waals surface area (Å²) in [5.41, 5.74) is 1.98. The maximum absolute atomic E-state index is 14.1. The van der Waals surface area contributed by atoms with Crippen molar-refractivity contribution in [1.29, 1.82) is 0 Å². The second-order valence-corrected chi connectivity index (χ2v) is 13.0. The van der Waals surface area contributed by atoms with Crippen LogP contribution in [0.3, 0.4) is 0 Å². The van der Waals surface area contributed by atoms with Crippen molar-refractivity contribution in [2.75, 3.05) is 18.0 Å². The van der Waals surface area contributed by atoms with E-state index in [4.69, 9.17) is 16.3 Å². The molecule has 0 unspecified atom stereocenters. The molecule has 1 N–H and O–H groups in total. The van der Waals surface area contributed by atoms with Gasteiger partial charge in [-0.05, 0) is 80.8 Å². The Morgan fingerprint density at radius 2 is 1.57 bits per heavy atom. The fourth-order valence-corrected chi connectivity index (χ4v) is 6.59. The third kappa shape index (κ3) is 7.83. The van der Waals surface area contributed by atoms with Gasteiger partial charge in [0.2, 0.25) is 11.8 Å². The van der Waals surface area contributed by atoms with E-state index < -0.39 is 28.5 Å². The summed E-state index contributed by atoms with van der Waals surface area (Å²) >= 11 is 6.08. The molecular weight excluding hydrogens is 574 g/mol. The average molecular weight is 612 g/mol. The van der Waals surface area contributed by atoms with Crippen LogP contribution in [0.1, 0.15) is 50.2 Å². The largest absolute Gasteiger partial charge is 0.497 e. The zero-order valence-corrected chi connectivity index (χ0v) is 25.8. The first-order chi connectivity index (χ1) is 20.1. The quantitative estimate of drug-likeness (QED) is 0.299. The van der Waals surface area contributed by atoms with Crippen molar-refractivity contribution in [1.82, 2.24) is 10.2 Å². The molecule has 0 radical (unpaired) electrons. The number of carbonyl (C=O) groups is 2. The number of ether oxygens (including phenoxy) is 1. The van der Waals surface area contributed by atoms with Crippen molar-refractivity contribution in [3.05, 3.63) is 88.9 Å². The average Bonchev–Trinajstić information content (AvgIpc) is 3.00. The highest BCUT2D eigenvalue weighted by molar-refractivity contribution is 7.92. The number of methoxy groups -OCH3 is 1. The van der Waals surface area contributed by atoms with Crippen molar-refractivity contribution in [2.45, 2.75) is 69.5 Å². The predicted octanol–water partition coefficient (Wildman–Crippen LogP) is 5.72. The van der Waals surface area contributed by atoms with Gasteiger partial charge in [0, 0.05) is 17.6 Å². The number of rotatable bonds is 11. The molecule has 3 aromatic carbocycles. The van der Waals surface area contributed by atoms with E-state index in [1.807, 2.05) is 6.92 Å². The van der Waals surface area contributed by atoms with Gasteiger partial charge in [-0.25, -0.2) is 8.42 Å². The molecule has 42 heavy (non-hydrogen) atoms. The molecular formula is C32H38ClN3O5S. The fraction of sp³-hybridized carbons (Fsp3) is 0.375. The molecule has 8 nitrogen and oxygen atoms in total. The molecule has 0 aliphatic heterocycles. The van der Waals surface area contributed by atoms with Crippen LogP contribution in [-0.4, -0.2) is 50.9 Å². The topological polar surface area (TPSA) is 96.0 Å². The van der Waals surface area contributed by atoms with Crippen molar-refractivity contribution in [2.24, 2.45) is 0 Å². The van der Waals surface area contributed by atoms with Gasteiger partial charge in [-0.2, -0.15) is 0 Å². The lowest BCUT2D eigenvalue weighted by molar-refractivity contribution is -0.139. The van der Waals surface area contributed by atoms with Gasteiger partial charge in [-0.15, -0.1) is 0 Å². The molecule has 0 aromatic heterocycles. The molecule has 0 heterocycles. The normalized spacial score (nSPS) is 14.6. The molecule has 1 aliphatic carbocycles. The van der Waals surface area contributed by atoms with E-state index >= 15 is 0 Å². The Kier molecular flexibility index (Phi) is 10.5.